The fraction of sp³-hybridized carbons (Fsp3) is 0.294. The second kappa shape index (κ2) is 5.83. The van der Waals surface area contributed by atoms with Gasteiger partial charge in [0, 0.05) is 12.6 Å². The topological polar surface area (TPSA) is 12.0 Å². The van der Waals surface area contributed by atoms with E-state index in [1.165, 1.54) is 22.3 Å². The van der Waals surface area contributed by atoms with Crippen LogP contribution in [0.3, 0.4) is 0 Å². The molecule has 0 unspecified atom stereocenters. The second-order valence-electron chi connectivity index (χ2n) is 5.10. The van der Waals surface area contributed by atoms with E-state index in [-0.39, 0.29) is 0 Å². The summed E-state index contributed by atoms with van der Waals surface area (Å²) in [5, 5.41) is 3.43. The smallest absolute Gasteiger partial charge is 0.0207 e. The summed E-state index contributed by atoms with van der Waals surface area (Å²) in [6.07, 6.45) is 0. The molecule has 1 nitrogen and oxygen atoms in total. The summed E-state index contributed by atoms with van der Waals surface area (Å²) in [7, 11) is 0. The molecule has 0 bridgehead atoms. The van der Waals surface area contributed by atoms with Crippen LogP contribution in [0, 0.1) is 6.92 Å². The van der Waals surface area contributed by atoms with Gasteiger partial charge >= 0.3 is 0 Å². The van der Waals surface area contributed by atoms with Crippen LogP contribution in [0.1, 0.15) is 25.0 Å². The molecule has 94 valence electrons. The number of hydrogen-bond acceptors (Lipinski definition) is 1. The Morgan fingerprint density at radius 1 is 0.944 bits per heavy atom. The average molecular weight is 239 g/mol. The molecule has 1 heteroatoms. The third kappa shape index (κ3) is 3.44. The van der Waals surface area contributed by atoms with Crippen molar-refractivity contribution >= 4 is 0 Å². The summed E-state index contributed by atoms with van der Waals surface area (Å²) in [4.78, 5) is 0. The molecule has 0 aliphatic heterocycles. The monoisotopic (exact) mass is 239 g/mol. The molecule has 0 spiro atoms. The highest BCUT2D eigenvalue weighted by Gasteiger charge is 1.99. The SMILES string of the molecule is Cc1cccc(-c2ccc(CNC(C)C)cc2)c1. The van der Waals surface area contributed by atoms with Gasteiger partial charge in [-0.2, -0.15) is 0 Å². The Bertz CT molecular complexity index is 497. The van der Waals surface area contributed by atoms with Crippen molar-refractivity contribution in [3.05, 3.63) is 59.7 Å². The first-order chi connectivity index (χ1) is 8.65. The molecule has 0 aliphatic rings. The number of aryl methyl sites for hydroxylation is 1. The predicted octanol–water partition coefficient (Wildman–Crippen LogP) is 4.16. The largest absolute Gasteiger partial charge is 0.310 e. The average Bonchev–Trinajstić information content (AvgIpc) is 2.37. The van der Waals surface area contributed by atoms with Gasteiger partial charge in [0.2, 0.25) is 0 Å². The minimum atomic E-state index is 0.529. The maximum absolute atomic E-state index is 3.43. The van der Waals surface area contributed by atoms with Gasteiger partial charge in [0.15, 0.2) is 0 Å². The Hall–Kier alpha value is -1.60. The van der Waals surface area contributed by atoms with Crippen molar-refractivity contribution in [3.8, 4) is 11.1 Å². The first kappa shape index (κ1) is 12.8. The summed E-state index contributed by atoms with van der Waals surface area (Å²) < 4.78 is 0. The first-order valence-electron chi connectivity index (χ1n) is 6.54. The lowest BCUT2D eigenvalue weighted by atomic mass is 10.0. The van der Waals surface area contributed by atoms with E-state index in [1.807, 2.05) is 0 Å². The van der Waals surface area contributed by atoms with Crippen LogP contribution >= 0.6 is 0 Å². The maximum atomic E-state index is 3.43. The fourth-order valence-electron chi connectivity index (χ4n) is 1.96. The Labute approximate surface area is 110 Å². The van der Waals surface area contributed by atoms with Crippen LogP contribution in [-0.2, 0) is 6.54 Å². The standard InChI is InChI=1S/C17H21N/c1-13(2)18-12-15-7-9-16(10-8-15)17-6-4-5-14(3)11-17/h4-11,13,18H,12H2,1-3H3. The minimum Gasteiger partial charge on any atom is -0.310 e. The van der Waals surface area contributed by atoms with E-state index in [2.05, 4.69) is 74.6 Å². The lowest BCUT2D eigenvalue weighted by molar-refractivity contribution is 0.589. The molecule has 0 fully saturated rings. The molecule has 18 heavy (non-hydrogen) atoms. The van der Waals surface area contributed by atoms with Crippen LogP contribution in [0.4, 0.5) is 0 Å². The van der Waals surface area contributed by atoms with Crippen molar-refractivity contribution in [1.29, 1.82) is 0 Å². The Kier molecular flexibility index (Phi) is 4.16. The number of hydrogen-bond donors (Lipinski definition) is 1. The zero-order valence-electron chi connectivity index (χ0n) is 11.4. The minimum absolute atomic E-state index is 0.529. The highest BCUT2D eigenvalue weighted by Crippen LogP contribution is 2.20. The Balaban J connectivity index is 2.12. The molecule has 2 aromatic carbocycles. The van der Waals surface area contributed by atoms with Gasteiger partial charge in [-0.15, -0.1) is 0 Å². The second-order valence-corrected chi connectivity index (χ2v) is 5.10. The van der Waals surface area contributed by atoms with E-state index in [4.69, 9.17) is 0 Å². The van der Waals surface area contributed by atoms with Crippen molar-refractivity contribution in [1.82, 2.24) is 5.32 Å². The van der Waals surface area contributed by atoms with E-state index >= 15 is 0 Å². The van der Waals surface area contributed by atoms with Crippen molar-refractivity contribution in [3.63, 3.8) is 0 Å². The third-order valence-corrected chi connectivity index (χ3v) is 3.02. The van der Waals surface area contributed by atoms with Gasteiger partial charge < -0.3 is 5.32 Å². The van der Waals surface area contributed by atoms with E-state index in [0.717, 1.165) is 6.54 Å². The lowest BCUT2D eigenvalue weighted by Gasteiger charge is -2.09. The van der Waals surface area contributed by atoms with E-state index in [1.54, 1.807) is 0 Å². The van der Waals surface area contributed by atoms with E-state index in [9.17, 15) is 0 Å². The van der Waals surface area contributed by atoms with Gasteiger partial charge in [0.1, 0.15) is 0 Å². The van der Waals surface area contributed by atoms with Crippen molar-refractivity contribution in [2.45, 2.75) is 33.4 Å². The third-order valence-electron chi connectivity index (χ3n) is 3.02. The quantitative estimate of drug-likeness (QED) is 0.844. The summed E-state index contributed by atoms with van der Waals surface area (Å²) in [6, 6.07) is 18.0. The molecule has 0 aliphatic carbocycles. The van der Waals surface area contributed by atoms with E-state index in [0.29, 0.717) is 6.04 Å². The molecule has 1 N–H and O–H groups in total. The van der Waals surface area contributed by atoms with Crippen LogP contribution in [-0.4, -0.2) is 6.04 Å². The highest BCUT2D eigenvalue weighted by molar-refractivity contribution is 5.64. The van der Waals surface area contributed by atoms with Crippen molar-refractivity contribution < 1.29 is 0 Å². The zero-order valence-corrected chi connectivity index (χ0v) is 11.4. The molecule has 0 atom stereocenters. The Morgan fingerprint density at radius 3 is 2.28 bits per heavy atom. The molecule has 0 radical (unpaired) electrons. The fourth-order valence-corrected chi connectivity index (χ4v) is 1.96. The normalized spacial score (nSPS) is 10.9. The number of benzene rings is 2. The number of rotatable bonds is 4. The van der Waals surface area contributed by atoms with Crippen LogP contribution in [0.5, 0.6) is 0 Å². The molecule has 2 rings (SSSR count). The molecular formula is C17H21N. The van der Waals surface area contributed by atoms with Gasteiger partial charge in [-0.1, -0.05) is 67.9 Å². The molecular weight excluding hydrogens is 218 g/mol. The zero-order chi connectivity index (χ0) is 13.0. The van der Waals surface area contributed by atoms with Gasteiger partial charge in [-0.3, -0.25) is 0 Å². The van der Waals surface area contributed by atoms with Gasteiger partial charge in [-0.05, 0) is 23.6 Å². The first-order valence-corrected chi connectivity index (χ1v) is 6.54. The van der Waals surface area contributed by atoms with Crippen molar-refractivity contribution in [2.75, 3.05) is 0 Å². The van der Waals surface area contributed by atoms with Gasteiger partial charge in [-0.25, -0.2) is 0 Å². The van der Waals surface area contributed by atoms with Crippen LogP contribution in [0.15, 0.2) is 48.5 Å². The summed E-state index contributed by atoms with van der Waals surface area (Å²) in [5.74, 6) is 0. The predicted molar refractivity (Wildman–Crippen MR) is 78.6 cm³/mol. The molecule has 0 aromatic heterocycles. The van der Waals surface area contributed by atoms with E-state index < -0.39 is 0 Å². The van der Waals surface area contributed by atoms with Crippen LogP contribution in [0.2, 0.25) is 0 Å². The summed E-state index contributed by atoms with van der Waals surface area (Å²) >= 11 is 0. The maximum Gasteiger partial charge on any atom is 0.0207 e. The van der Waals surface area contributed by atoms with Crippen LogP contribution in [0.25, 0.3) is 11.1 Å². The summed E-state index contributed by atoms with van der Waals surface area (Å²) in [6.45, 7) is 7.40. The molecule has 2 aromatic rings. The Morgan fingerprint density at radius 2 is 1.67 bits per heavy atom. The van der Waals surface area contributed by atoms with Gasteiger partial charge in [0.05, 0.1) is 0 Å². The highest BCUT2D eigenvalue weighted by atomic mass is 14.9. The molecule has 0 saturated carbocycles. The molecule has 0 amide bonds. The summed E-state index contributed by atoms with van der Waals surface area (Å²) in [5.41, 5.74) is 5.21. The number of nitrogens with one attached hydrogen (secondary N) is 1. The lowest BCUT2D eigenvalue weighted by Crippen LogP contribution is -2.21. The van der Waals surface area contributed by atoms with Crippen molar-refractivity contribution in [2.24, 2.45) is 0 Å². The van der Waals surface area contributed by atoms with Crippen LogP contribution < -0.4 is 5.32 Å². The molecule has 0 saturated heterocycles. The van der Waals surface area contributed by atoms with Gasteiger partial charge in [0.25, 0.3) is 0 Å². The molecule has 0 heterocycles.